The third-order valence-electron chi connectivity index (χ3n) is 4.03. The highest BCUT2D eigenvalue weighted by Crippen LogP contribution is 2.27. The Hall–Kier alpha value is -1.77. The summed E-state index contributed by atoms with van der Waals surface area (Å²) < 4.78 is 25.5. The zero-order chi connectivity index (χ0) is 17.2. The van der Waals surface area contributed by atoms with Crippen molar-refractivity contribution < 1.29 is 13.2 Å². The number of hydrogen-bond donors (Lipinski definition) is 1. The molecule has 1 fully saturated rings. The number of carbonyl (C=O) groups excluding carboxylic acids is 1. The molecule has 0 aliphatic carbocycles. The molecule has 0 spiro atoms. The fraction of sp³-hybridized carbons (Fsp3) is 0.375. The summed E-state index contributed by atoms with van der Waals surface area (Å²) in [6, 6.07) is 9.05. The lowest BCUT2D eigenvalue weighted by Crippen LogP contribution is -2.43. The van der Waals surface area contributed by atoms with Crippen LogP contribution in [0.5, 0.6) is 0 Å². The topological polar surface area (TPSA) is 79.4 Å². The fourth-order valence-electron chi connectivity index (χ4n) is 2.76. The van der Waals surface area contributed by atoms with Crippen LogP contribution in [-0.4, -0.2) is 42.0 Å². The summed E-state index contributed by atoms with van der Waals surface area (Å²) in [5.74, 6) is -0.301. The Morgan fingerprint density at radius 1 is 1.38 bits per heavy atom. The first-order valence-electron chi connectivity index (χ1n) is 7.82. The van der Waals surface area contributed by atoms with Gasteiger partial charge in [-0.15, -0.1) is 11.3 Å². The molecule has 0 bridgehead atoms. The van der Waals surface area contributed by atoms with E-state index in [1.165, 1.54) is 15.6 Å². The lowest BCUT2D eigenvalue weighted by Gasteiger charge is -2.22. The smallest absolute Gasteiger partial charge is 0.244 e. The highest BCUT2D eigenvalue weighted by atomic mass is 32.2. The third kappa shape index (κ3) is 3.50. The standard InChI is InChI=1S/C16H19N3O3S2/c1-2-24(21,22)19-10-6-9-14(19)15(20)18-16-17-13(11-23-16)12-7-4-3-5-8-12/h3-5,7-8,11,14H,2,6,9-10H2,1H3,(H,17,18,20)/t14-/m0/s1. The van der Waals surface area contributed by atoms with Crippen molar-refractivity contribution in [2.24, 2.45) is 0 Å². The summed E-state index contributed by atoms with van der Waals surface area (Å²) in [5.41, 5.74) is 1.77. The number of amides is 1. The van der Waals surface area contributed by atoms with E-state index in [0.29, 0.717) is 24.5 Å². The van der Waals surface area contributed by atoms with E-state index < -0.39 is 16.1 Å². The molecule has 0 saturated carbocycles. The number of sulfonamides is 1. The summed E-state index contributed by atoms with van der Waals surface area (Å²) in [6.07, 6.45) is 1.24. The van der Waals surface area contributed by atoms with Gasteiger partial charge in [-0.1, -0.05) is 30.3 Å². The Labute approximate surface area is 145 Å². The molecule has 0 radical (unpaired) electrons. The highest BCUT2D eigenvalue weighted by Gasteiger charge is 2.37. The molecule has 1 saturated heterocycles. The zero-order valence-corrected chi connectivity index (χ0v) is 14.9. The first-order valence-corrected chi connectivity index (χ1v) is 10.3. The summed E-state index contributed by atoms with van der Waals surface area (Å²) in [5, 5.41) is 5.12. The van der Waals surface area contributed by atoms with Gasteiger partial charge in [0.1, 0.15) is 6.04 Å². The molecular formula is C16H19N3O3S2. The van der Waals surface area contributed by atoms with Crippen molar-refractivity contribution in [2.75, 3.05) is 17.6 Å². The van der Waals surface area contributed by atoms with Gasteiger partial charge in [0.2, 0.25) is 15.9 Å². The minimum absolute atomic E-state index is 0.00614. The van der Waals surface area contributed by atoms with Gasteiger partial charge in [-0.3, -0.25) is 4.79 Å². The SMILES string of the molecule is CCS(=O)(=O)N1CCC[C@H]1C(=O)Nc1nc(-c2ccccc2)cs1. The number of carbonyl (C=O) groups is 1. The fourth-order valence-corrected chi connectivity index (χ4v) is 4.81. The number of rotatable bonds is 5. The Morgan fingerprint density at radius 2 is 2.12 bits per heavy atom. The first kappa shape index (κ1) is 17.1. The maximum absolute atomic E-state index is 12.5. The molecule has 6 nitrogen and oxygen atoms in total. The van der Waals surface area contributed by atoms with Gasteiger partial charge in [0.05, 0.1) is 11.4 Å². The lowest BCUT2D eigenvalue weighted by molar-refractivity contribution is -0.119. The Balaban J connectivity index is 1.72. The molecule has 1 aromatic carbocycles. The van der Waals surface area contributed by atoms with Gasteiger partial charge in [0, 0.05) is 17.5 Å². The molecule has 0 unspecified atom stereocenters. The van der Waals surface area contributed by atoms with Crippen molar-refractivity contribution in [2.45, 2.75) is 25.8 Å². The van der Waals surface area contributed by atoms with Gasteiger partial charge in [-0.2, -0.15) is 4.31 Å². The van der Waals surface area contributed by atoms with Crippen LogP contribution in [-0.2, 0) is 14.8 Å². The average Bonchev–Trinajstić information content (AvgIpc) is 3.25. The predicted molar refractivity (Wildman–Crippen MR) is 95.4 cm³/mol. The number of nitrogens with one attached hydrogen (secondary N) is 1. The van der Waals surface area contributed by atoms with Crippen LogP contribution in [0.25, 0.3) is 11.3 Å². The van der Waals surface area contributed by atoms with Crippen LogP contribution < -0.4 is 5.32 Å². The molecule has 128 valence electrons. The summed E-state index contributed by atoms with van der Waals surface area (Å²) in [4.78, 5) is 16.9. The lowest BCUT2D eigenvalue weighted by atomic mass is 10.2. The van der Waals surface area contributed by atoms with Gasteiger partial charge in [-0.05, 0) is 19.8 Å². The molecule has 2 heterocycles. The summed E-state index contributed by atoms with van der Waals surface area (Å²) in [7, 11) is -3.37. The van der Waals surface area contributed by atoms with Gasteiger partial charge in [0.15, 0.2) is 5.13 Å². The maximum atomic E-state index is 12.5. The zero-order valence-electron chi connectivity index (χ0n) is 13.3. The van der Waals surface area contributed by atoms with E-state index in [2.05, 4.69) is 10.3 Å². The van der Waals surface area contributed by atoms with Crippen LogP contribution in [0, 0.1) is 0 Å². The van der Waals surface area contributed by atoms with Crippen molar-refractivity contribution in [3.05, 3.63) is 35.7 Å². The number of benzene rings is 1. The average molecular weight is 365 g/mol. The van der Waals surface area contributed by atoms with Crippen molar-refractivity contribution in [1.82, 2.24) is 9.29 Å². The van der Waals surface area contributed by atoms with Gasteiger partial charge >= 0.3 is 0 Å². The second kappa shape index (κ2) is 7.00. The van der Waals surface area contributed by atoms with E-state index in [1.807, 2.05) is 35.7 Å². The Kier molecular flexibility index (Phi) is 4.98. The Bertz CT molecular complexity index is 818. The number of thiazole rings is 1. The van der Waals surface area contributed by atoms with E-state index in [4.69, 9.17) is 0 Å². The maximum Gasteiger partial charge on any atom is 0.244 e. The van der Waals surface area contributed by atoms with Crippen LogP contribution in [0.15, 0.2) is 35.7 Å². The van der Waals surface area contributed by atoms with Gasteiger partial charge in [0.25, 0.3) is 0 Å². The second-order valence-corrected chi connectivity index (χ2v) is 8.63. The number of hydrogen-bond acceptors (Lipinski definition) is 5. The van der Waals surface area contributed by atoms with E-state index in [-0.39, 0.29) is 11.7 Å². The van der Waals surface area contributed by atoms with E-state index in [9.17, 15) is 13.2 Å². The minimum atomic E-state index is -3.37. The van der Waals surface area contributed by atoms with Crippen LogP contribution in [0.3, 0.4) is 0 Å². The molecule has 8 heteroatoms. The molecule has 24 heavy (non-hydrogen) atoms. The summed E-state index contributed by atoms with van der Waals surface area (Å²) in [6.45, 7) is 2.00. The molecule has 1 amide bonds. The number of anilines is 1. The summed E-state index contributed by atoms with van der Waals surface area (Å²) >= 11 is 1.33. The molecule has 1 aromatic heterocycles. The van der Waals surface area contributed by atoms with Crippen LogP contribution >= 0.6 is 11.3 Å². The largest absolute Gasteiger partial charge is 0.301 e. The Morgan fingerprint density at radius 3 is 2.83 bits per heavy atom. The molecule has 3 rings (SSSR count). The molecule has 1 N–H and O–H groups in total. The van der Waals surface area contributed by atoms with E-state index >= 15 is 0 Å². The van der Waals surface area contributed by atoms with Crippen molar-refractivity contribution >= 4 is 32.4 Å². The van der Waals surface area contributed by atoms with Crippen LogP contribution in [0.1, 0.15) is 19.8 Å². The van der Waals surface area contributed by atoms with Gasteiger partial charge < -0.3 is 5.32 Å². The molecule has 1 aliphatic rings. The van der Waals surface area contributed by atoms with Crippen LogP contribution in [0.4, 0.5) is 5.13 Å². The third-order valence-corrected chi connectivity index (χ3v) is 6.67. The quantitative estimate of drug-likeness (QED) is 0.883. The molecule has 2 aromatic rings. The number of nitrogens with zero attached hydrogens (tertiary/aromatic N) is 2. The van der Waals surface area contributed by atoms with Crippen molar-refractivity contribution in [1.29, 1.82) is 0 Å². The predicted octanol–water partition coefficient (Wildman–Crippen LogP) is 2.56. The molecule has 1 aliphatic heterocycles. The number of aromatic nitrogens is 1. The van der Waals surface area contributed by atoms with Crippen LogP contribution in [0.2, 0.25) is 0 Å². The van der Waals surface area contributed by atoms with E-state index in [1.54, 1.807) is 6.92 Å². The second-order valence-electron chi connectivity index (χ2n) is 5.56. The van der Waals surface area contributed by atoms with E-state index in [0.717, 1.165) is 11.3 Å². The minimum Gasteiger partial charge on any atom is -0.301 e. The highest BCUT2D eigenvalue weighted by molar-refractivity contribution is 7.89. The molecule has 1 atom stereocenters. The first-order chi connectivity index (χ1) is 11.5. The van der Waals surface area contributed by atoms with Crippen molar-refractivity contribution in [3.8, 4) is 11.3 Å². The monoisotopic (exact) mass is 365 g/mol. The van der Waals surface area contributed by atoms with Crippen molar-refractivity contribution in [3.63, 3.8) is 0 Å². The molecular weight excluding hydrogens is 346 g/mol. The van der Waals surface area contributed by atoms with Gasteiger partial charge in [-0.25, -0.2) is 13.4 Å². The normalized spacial score (nSPS) is 18.6.